The first kappa shape index (κ1) is 20.4. The minimum absolute atomic E-state index is 0. The Morgan fingerprint density at radius 3 is 1.16 bits per heavy atom. The molecule has 0 heterocycles. The van der Waals surface area contributed by atoms with E-state index in [1.807, 2.05) is 60.7 Å². The summed E-state index contributed by atoms with van der Waals surface area (Å²) in [6.07, 6.45) is 0. The summed E-state index contributed by atoms with van der Waals surface area (Å²) in [6, 6.07) is 19.7. The van der Waals surface area contributed by atoms with E-state index < -0.39 is 0 Å². The van der Waals surface area contributed by atoms with Crippen molar-refractivity contribution in [3.8, 4) is 0 Å². The zero-order valence-corrected chi connectivity index (χ0v) is 15.5. The molecule has 0 amide bonds. The minimum Gasteiger partial charge on any atom is -0.385 e. The molecule has 0 saturated heterocycles. The number of hydrogen-bond donors (Lipinski definition) is 2. The predicted molar refractivity (Wildman–Crippen MR) is 87.6 cm³/mol. The Morgan fingerprint density at radius 1 is 0.842 bits per heavy atom. The molecule has 0 fully saturated rings. The van der Waals surface area contributed by atoms with Crippen molar-refractivity contribution in [1.29, 1.82) is 0 Å². The van der Waals surface area contributed by atoms with Crippen LogP contribution in [0.3, 0.4) is 0 Å². The van der Waals surface area contributed by atoms with Gasteiger partial charge in [-0.1, -0.05) is 24.4 Å². The van der Waals surface area contributed by atoms with Crippen molar-refractivity contribution in [2.45, 2.75) is 0 Å². The van der Waals surface area contributed by atoms with Crippen molar-refractivity contribution in [1.82, 2.24) is 0 Å². The second-order valence-corrected chi connectivity index (χ2v) is 4.53. The fourth-order valence-corrected chi connectivity index (χ4v) is 0.956. The molecule has 0 aliphatic rings. The number of thiocarbonyl (C=S) groups is 1. The smallest absolute Gasteiger partial charge is 0.385 e. The summed E-state index contributed by atoms with van der Waals surface area (Å²) in [5, 5.41) is 0. The molecule has 0 unspecified atom stereocenters. The van der Waals surface area contributed by atoms with Crippen LogP contribution in [0.2, 0.25) is 0 Å². The van der Waals surface area contributed by atoms with Crippen LogP contribution < -0.4 is 5.73 Å². The van der Waals surface area contributed by atoms with Crippen LogP contribution in [-0.2, 0) is 19.5 Å². The summed E-state index contributed by atoms with van der Waals surface area (Å²) in [6.45, 7) is 7.44. The number of nitrogens with two attached hydrogens (primary N) is 1. The summed E-state index contributed by atoms with van der Waals surface area (Å²) in [4.78, 5) is 0. The molecule has 0 radical (unpaired) electrons. The van der Waals surface area contributed by atoms with Gasteiger partial charge in [0.1, 0.15) is 4.32 Å². The molecule has 4 heteroatoms. The van der Waals surface area contributed by atoms with E-state index in [9.17, 15) is 0 Å². The van der Waals surface area contributed by atoms with Crippen molar-refractivity contribution in [3.63, 3.8) is 0 Å². The molecule has 19 heavy (non-hydrogen) atoms. The number of thiol groups is 1. The molecule has 0 aromatic heterocycles. The second-order valence-electron chi connectivity index (χ2n) is 3.31. The van der Waals surface area contributed by atoms with Gasteiger partial charge in [0.05, 0.1) is 0 Å². The first-order valence-corrected chi connectivity index (χ1v) is 6.10. The summed E-state index contributed by atoms with van der Waals surface area (Å²) < 4.78 is 0.194. The van der Waals surface area contributed by atoms with Crippen LogP contribution in [-0.4, -0.2) is 4.32 Å². The Bertz CT molecular complexity index is 391. The monoisotopic (exact) mass is 339 g/mol. The number of benzene rings is 2. The van der Waals surface area contributed by atoms with Crippen LogP contribution in [0.5, 0.6) is 0 Å². The molecule has 96 valence electrons. The molecule has 0 spiro atoms. The van der Waals surface area contributed by atoms with Gasteiger partial charge in [-0.25, -0.2) is 0 Å². The van der Waals surface area contributed by atoms with E-state index in [4.69, 9.17) is 5.73 Å². The Kier molecular flexibility index (Phi) is 14.4. The molecule has 2 aromatic rings. The number of rotatable bonds is 0. The molecule has 1 nitrogen and oxygen atoms in total. The zero-order valence-electron chi connectivity index (χ0n) is 10.8. The molecular formula is C15H17NS2Zn. The fourth-order valence-electron chi connectivity index (χ4n) is 0.956. The molecular weight excluding hydrogens is 324 g/mol. The molecule has 2 aromatic carbocycles. The maximum atomic E-state index is 4.71. The Hall–Kier alpha value is -0.957. The Labute approximate surface area is 139 Å². The molecule has 0 bridgehead atoms. The summed E-state index contributed by atoms with van der Waals surface area (Å²) in [5.74, 6) is 0. The summed E-state index contributed by atoms with van der Waals surface area (Å²) in [5.41, 5.74) is 6.85. The van der Waals surface area contributed by atoms with Gasteiger partial charge >= 0.3 is 19.5 Å². The average molecular weight is 341 g/mol. The molecule has 2 rings (SSSR count). The summed E-state index contributed by atoms with van der Waals surface area (Å²) in [7, 11) is 0. The van der Waals surface area contributed by atoms with Gasteiger partial charge in [-0.3, -0.25) is 0 Å². The van der Waals surface area contributed by atoms with Crippen LogP contribution in [0.4, 0.5) is 0 Å². The van der Waals surface area contributed by atoms with Gasteiger partial charge in [0.25, 0.3) is 0 Å². The van der Waals surface area contributed by atoms with Crippen molar-refractivity contribution in [2.24, 2.45) is 5.73 Å². The largest absolute Gasteiger partial charge is 2.00 e. The maximum Gasteiger partial charge on any atom is 2.00 e. The van der Waals surface area contributed by atoms with E-state index in [2.05, 4.69) is 38.7 Å². The minimum atomic E-state index is 0. The van der Waals surface area contributed by atoms with Gasteiger partial charge in [-0.15, -0.1) is 36.9 Å². The third-order valence-electron chi connectivity index (χ3n) is 1.69. The average Bonchev–Trinajstić information content (AvgIpc) is 2.31. The number of hydrogen-bond acceptors (Lipinski definition) is 1. The Balaban J connectivity index is 0. The van der Waals surface area contributed by atoms with E-state index >= 15 is 0 Å². The van der Waals surface area contributed by atoms with Crippen molar-refractivity contribution < 1.29 is 19.5 Å². The van der Waals surface area contributed by atoms with Crippen LogP contribution in [0.1, 0.15) is 11.1 Å². The predicted octanol–water partition coefficient (Wildman–Crippen LogP) is 3.89. The van der Waals surface area contributed by atoms with Gasteiger partial charge in [0.15, 0.2) is 0 Å². The van der Waals surface area contributed by atoms with E-state index in [1.54, 1.807) is 0 Å². The molecule has 0 aliphatic carbocycles. The van der Waals surface area contributed by atoms with Crippen molar-refractivity contribution >= 4 is 29.2 Å². The normalized spacial score (nSPS) is 7.63. The molecule has 2 N–H and O–H groups in total. The quantitative estimate of drug-likeness (QED) is 0.329. The van der Waals surface area contributed by atoms with Gasteiger partial charge in [-0.05, 0) is 0 Å². The Morgan fingerprint density at radius 2 is 1.05 bits per heavy atom. The molecule has 0 aliphatic heterocycles. The fraction of sp³-hybridized carbons (Fsp3) is 0. The first-order chi connectivity index (χ1) is 8.52. The first-order valence-electron chi connectivity index (χ1n) is 5.24. The van der Waals surface area contributed by atoms with Crippen molar-refractivity contribution in [2.75, 3.05) is 0 Å². The van der Waals surface area contributed by atoms with Crippen molar-refractivity contribution in [3.05, 3.63) is 85.6 Å². The van der Waals surface area contributed by atoms with Gasteiger partial charge < -0.3 is 5.73 Å². The second kappa shape index (κ2) is 13.5. The van der Waals surface area contributed by atoms with E-state index in [0.717, 1.165) is 11.1 Å². The molecule has 0 saturated carbocycles. The summed E-state index contributed by atoms with van der Waals surface area (Å²) >= 11 is 7.65. The molecule has 0 atom stereocenters. The van der Waals surface area contributed by atoms with Crippen LogP contribution in [0.25, 0.3) is 0 Å². The third-order valence-corrected chi connectivity index (χ3v) is 1.69. The van der Waals surface area contributed by atoms with Crippen LogP contribution in [0.15, 0.2) is 60.7 Å². The van der Waals surface area contributed by atoms with E-state index in [1.165, 1.54) is 0 Å². The van der Waals surface area contributed by atoms with Gasteiger partial charge in [-0.2, -0.15) is 49.2 Å². The van der Waals surface area contributed by atoms with Crippen LogP contribution in [0, 0.1) is 13.8 Å². The zero-order chi connectivity index (χ0) is 13.8. The van der Waals surface area contributed by atoms with Crippen LogP contribution >= 0.6 is 24.8 Å². The van der Waals surface area contributed by atoms with E-state index in [-0.39, 0.29) is 23.8 Å². The standard InChI is InChI=1S/2C7H7.CH3NS2.Zn/c2*1-7-5-3-2-4-6-7;2-1(3)4;/h2*2-6H,1H2;(H3,2,3,4);/q2*-1;;+2. The topological polar surface area (TPSA) is 26.0 Å². The SMILES string of the molecule is NC(=S)S.[CH2-]c1ccccc1.[CH2-]c1ccccc1.[Zn+2]. The maximum absolute atomic E-state index is 4.71. The third kappa shape index (κ3) is 17.0. The van der Waals surface area contributed by atoms with Gasteiger partial charge in [0.2, 0.25) is 0 Å². The van der Waals surface area contributed by atoms with E-state index in [0.29, 0.717) is 0 Å². The van der Waals surface area contributed by atoms with Gasteiger partial charge in [0, 0.05) is 0 Å².